The molecule has 0 aromatic heterocycles. The Hall–Kier alpha value is -0.130. The van der Waals surface area contributed by atoms with Gasteiger partial charge in [0.05, 0.1) is 5.75 Å². The van der Waals surface area contributed by atoms with E-state index in [9.17, 15) is 8.42 Å². The van der Waals surface area contributed by atoms with E-state index >= 15 is 0 Å². The smallest absolute Gasteiger partial charge is 0.151 e. The minimum atomic E-state index is -2.86. The Morgan fingerprint density at radius 3 is 2.35 bits per heavy atom. The van der Waals surface area contributed by atoms with Crippen molar-refractivity contribution in [3.05, 3.63) is 0 Å². The molecule has 1 N–H and O–H groups in total. The second-order valence-corrected chi connectivity index (χ2v) is 8.95. The highest BCUT2D eigenvalue weighted by Crippen LogP contribution is 2.38. The molecule has 1 aliphatic carbocycles. The van der Waals surface area contributed by atoms with Crippen LogP contribution in [0.1, 0.15) is 46.5 Å². The summed E-state index contributed by atoms with van der Waals surface area (Å²) < 4.78 is 23.6. The van der Waals surface area contributed by atoms with Crippen LogP contribution in [0, 0.1) is 5.92 Å². The van der Waals surface area contributed by atoms with Gasteiger partial charge in [-0.25, -0.2) is 8.42 Å². The molecule has 118 valence electrons. The van der Waals surface area contributed by atoms with Crippen LogP contribution >= 0.6 is 0 Å². The summed E-state index contributed by atoms with van der Waals surface area (Å²) >= 11 is 0. The Balaban J connectivity index is 2.03. The third-order valence-electron chi connectivity index (χ3n) is 5.31. The Morgan fingerprint density at radius 2 is 1.85 bits per heavy atom. The summed E-state index contributed by atoms with van der Waals surface area (Å²) in [4.78, 5) is 2.47. The van der Waals surface area contributed by atoms with Gasteiger partial charge in [-0.2, -0.15) is 0 Å². The summed E-state index contributed by atoms with van der Waals surface area (Å²) in [5, 5.41) is 3.75. The maximum atomic E-state index is 11.8. The van der Waals surface area contributed by atoms with Crippen molar-refractivity contribution < 1.29 is 8.42 Å². The predicted molar refractivity (Wildman–Crippen MR) is 83.7 cm³/mol. The maximum Gasteiger partial charge on any atom is 0.151 e. The van der Waals surface area contributed by atoms with E-state index in [1.807, 2.05) is 0 Å². The topological polar surface area (TPSA) is 49.4 Å². The molecule has 0 aromatic carbocycles. The van der Waals surface area contributed by atoms with Gasteiger partial charge >= 0.3 is 0 Å². The van der Waals surface area contributed by atoms with Crippen molar-refractivity contribution in [2.24, 2.45) is 5.92 Å². The summed E-state index contributed by atoms with van der Waals surface area (Å²) in [7, 11) is -2.86. The van der Waals surface area contributed by atoms with Crippen molar-refractivity contribution in [3.8, 4) is 0 Å². The molecule has 1 unspecified atom stereocenters. The van der Waals surface area contributed by atoms with Gasteiger partial charge in [0.1, 0.15) is 0 Å². The standard InChI is InChI=1S/C15H30N2O2S/c1-4-15(5-2)12-17(9-10-20(18,19)6-3)14(11-16-15)13-7-8-13/h13-14,16H,4-12H2,1-3H3. The number of nitrogens with one attached hydrogen (secondary N) is 1. The van der Waals surface area contributed by atoms with Crippen molar-refractivity contribution in [1.82, 2.24) is 10.2 Å². The molecule has 0 bridgehead atoms. The number of hydrogen-bond acceptors (Lipinski definition) is 4. The van der Waals surface area contributed by atoms with Crippen LogP contribution in [0.4, 0.5) is 0 Å². The first kappa shape index (κ1) is 16.2. The molecule has 1 heterocycles. The Kier molecular flexibility index (Phi) is 5.14. The highest BCUT2D eigenvalue weighted by Gasteiger charge is 2.42. The van der Waals surface area contributed by atoms with E-state index in [2.05, 4.69) is 24.1 Å². The Labute approximate surface area is 124 Å². The van der Waals surface area contributed by atoms with Crippen LogP contribution in [0.2, 0.25) is 0 Å². The predicted octanol–water partition coefficient (Wildman–Crippen LogP) is 1.66. The molecular weight excluding hydrogens is 272 g/mol. The van der Waals surface area contributed by atoms with Gasteiger partial charge in [-0.3, -0.25) is 4.90 Å². The van der Waals surface area contributed by atoms with Crippen molar-refractivity contribution in [2.45, 2.75) is 58.0 Å². The fourth-order valence-corrected chi connectivity index (χ4v) is 4.13. The zero-order valence-electron chi connectivity index (χ0n) is 13.2. The van der Waals surface area contributed by atoms with Crippen molar-refractivity contribution in [3.63, 3.8) is 0 Å². The molecule has 4 nitrogen and oxygen atoms in total. The molecule has 0 radical (unpaired) electrons. The molecule has 1 aliphatic heterocycles. The lowest BCUT2D eigenvalue weighted by Gasteiger charge is -2.48. The molecule has 1 atom stereocenters. The van der Waals surface area contributed by atoms with Gasteiger partial charge in [0.15, 0.2) is 9.84 Å². The van der Waals surface area contributed by atoms with Crippen molar-refractivity contribution in [1.29, 1.82) is 0 Å². The molecule has 2 aliphatic rings. The fraction of sp³-hybridized carbons (Fsp3) is 1.00. The number of piperazine rings is 1. The lowest BCUT2D eigenvalue weighted by atomic mass is 9.87. The number of sulfone groups is 1. The third kappa shape index (κ3) is 3.74. The second-order valence-electron chi connectivity index (χ2n) is 6.48. The van der Waals surface area contributed by atoms with Crippen LogP contribution in [-0.2, 0) is 9.84 Å². The van der Waals surface area contributed by atoms with E-state index in [4.69, 9.17) is 0 Å². The SMILES string of the molecule is CCC1(CC)CN(CCS(=O)(=O)CC)C(C2CC2)CN1. The lowest BCUT2D eigenvalue weighted by Crippen LogP contribution is -2.64. The number of rotatable bonds is 7. The maximum absolute atomic E-state index is 11.8. The van der Waals surface area contributed by atoms with E-state index in [-0.39, 0.29) is 11.3 Å². The van der Waals surface area contributed by atoms with E-state index in [1.54, 1.807) is 6.92 Å². The van der Waals surface area contributed by atoms with E-state index in [0.717, 1.165) is 31.8 Å². The van der Waals surface area contributed by atoms with E-state index < -0.39 is 9.84 Å². The van der Waals surface area contributed by atoms with Gasteiger partial charge in [0.2, 0.25) is 0 Å². The van der Waals surface area contributed by atoms with E-state index in [1.165, 1.54) is 12.8 Å². The first-order chi connectivity index (χ1) is 9.45. The summed E-state index contributed by atoms with van der Waals surface area (Å²) in [6, 6.07) is 0.549. The number of nitrogens with zero attached hydrogens (tertiary/aromatic N) is 1. The minimum Gasteiger partial charge on any atom is -0.308 e. The average molecular weight is 302 g/mol. The molecule has 5 heteroatoms. The quantitative estimate of drug-likeness (QED) is 0.777. The first-order valence-corrected chi connectivity index (χ1v) is 9.97. The van der Waals surface area contributed by atoms with Crippen molar-refractivity contribution >= 4 is 9.84 Å². The zero-order chi connectivity index (χ0) is 14.8. The van der Waals surface area contributed by atoms with Crippen LogP contribution in [0.5, 0.6) is 0 Å². The second kappa shape index (κ2) is 6.32. The third-order valence-corrected chi connectivity index (χ3v) is 6.99. The molecule has 0 spiro atoms. The van der Waals surface area contributed by atoms with Gasteiger partial charge < -0.3 is 5.32 Å². The van der Waals surface area contributed by atoms with Crippen LogP contribution in [0.25, 0.3) is 0 Å². The molecule has 0 aromatic rings. The van der Waals surface area contributed by atoms with Crippen LogP contribution < -0.4 is 5.32 Å². The molecule has 2 rings (SSSR count). The lowest BCUT2D eigenvalue weighted by molar-refractivity contribution is 0.0672. The highest BCUT2D eigenvalue weighted by molar-refractivity contribution is 7.91. The normalized spacial score (nSPS) is 27.6. The van der Waals surface area contributed by atoms with Crippen molar-refractivity contribution in [2.75, 3.05) is 31.1 Å². The van der Waals surface area contributed by atoms with Gasteiger partial charge in [0.25, 0.3) is 0 Å². The van der Waals surface area contributed by atoms with Gasteiger partial charge in [-0.15, -0.1) is 0 Å². The summed E-state index contributed by atoms with van der Waals surface area (Å²) in [6.45, 7) is 8.94. The van der Waals surface area contributed by atoms with Gasteiger partial charge in [-0.05, 0) is 31.6 Å². The summed E-state index contributed by atoms with van der Waals surface area (Å²) in [6.07, 6.45) is 4.85. The average Bonchev–Trinajstić information content (AvgIpc) is 3.29. The van der Waals surface area contributed by atoms with Crippen LogP contribution in [0.15, 0.2) is 0 Å². The van der Waals surface area contributed by atoms with Gasteiger partial charge in [-0.1, -0.05) is 20.8 Å². The summed E-state index contributed by atoms with van der Waals surface area (Å²) in [5.41, 5.74) is 0.182. The monoisotopic (exact) mass is 302 g/mol. The van der Waals surface area contributed by atoms with E-state index in [0.29, 0.717) is 18.3 Å². The van der Waals surface area contributed by atoms with Gasteiger partial charge in [0, 0.05) is 37.0 Å². The van der Waals surface area contributed by atoms with Crippen LogP contribution in [-0.4, -0.2) is 56.0 Å². The zero-order valence-corrected chi connectivity index (χ0v) is 14.0. The highest BCUT2D eigenvalue weighted by atomic mass is 32.2. The molecule has 1 saturated heterocycles. The Bertz CT molecular complexity index is 414. The van der Waals surface area contributed by atoms with Crippen LogP contribution in [0.3, 0.4) is 0 Å². The minimum absolute atomic E-state index is 0.182. The Morgan fingerprint density at radius 1 is 1.20 bits per heavy atom. The first-order valence-electron chi connectivity index (χ1n) is 8.14. The molecular formula is C15H30N2O2S. The summed E-state index contributed by atoms with van der Waals surface area (Å²) in [5.74, 6) is 1.37. The molecule has 20 heavy (non-hydrogen) atoms. The number of hydrogen-bond donors (Lipinski definition) is 1. The molecule has 1 saturated carbocycles. The fourth-order valence-electron chi connectivity index (χ4n) is 3.33. The molecule has 2 fully saturated rings. The largest absolute Gasteiger partial charge is 0.308 e. The molecule has 0 amide bonds.